The van der Waals surface area contributed by atoms with Crippen molar-refractivity contribution in [3.63, 3.8) is 0 Å². The van der Waals surface area contributed by atoms with Gasteiger partial charge in [0.25, 0.3) is 0 Å². The van der Waals surface area contributed by atoms with Crippen LogP contribution in [0.15, 0.2) is 70.1 Å². The molecule has 2 nitrogen and oxygen atoms in total. The topological polar surface area (TPSA) is 21.6 Å². The number of para-hydroxylation sites is 1. The maximum atomic E-state index is 5.65. The van der Waals surface area contributed by atoms with Gasteiger partial charge >= 0.3 is 119 Å². The predicted octanol–water partition coefficient (Wildman–Crippen LogP) is 3.45. The molecule has 1 heterocycles. The first-order valence-electron chi connectivity index (χ1n) is 6.10. The van der Waals surface area contributed by atoms with Crippen molar-refractivity contribution >= 4 is 31.5 Å². The maximum absolute atomic E-state index is 5.65. The van der Waals surface area contributed by atoms with E-state index in [9.17, 15) is 0 Å². The van der Waals surface area contributed by atoms with Crippen molar-refractivity contribution in [1.82, 2.24) is 0 Å². The zero-order chi connectivity index (χ0) is 12.9. The first kappa shape index (κ1) is 12.2. The monoisotopic (exact) mass is 315 g/mol. The zero-order valence-electron chi connectivity index (χ0n) is 10.3. The van der Waals surface area contributed by atoms with Crippen molar-refractivity contribution in [1.29, 1.82) is 0 Å². The SMILES string of the molecule is C(=C1/COC(=Nc2ccccc2)[Se]1)/c1ccccc1. The Morgan fingerprint density at radius 3 is 2.37 bits per heavy atom. The van der Waals surface area contributed by atoms with Crippen molar-refractivity contribution in [2.24, 2.45) is 4.99 Å². The van der Waals surface area contributed by atoms with E-state index in [0.29, 0.717) is 6.61 Å². The van der Waals surface area contributed by atoms with Crippen LogP contribution in [-0.4, -0.2) is 26.4 Å². The molecule has 0 saturated carbocycles. The standard InChI is InChI=1S/C16H13NOSe/c1-3-7-13(8-4-1)11-15-12-18-16(19-15)17-14-9-5-2-6-10-14/h1-11H,12H2/b15-11+,17-16?. The summed E-state index contributed by atoms with van der Waals surface area (Å²) in [6.45, 7) is 0.667. The number of ether oxygens (including phenoxy) is 1. The van der Waals surface area contributed by atoms with Gasteiger partial charge in [-0.3, -0.25) is 0 Å². The molecule has 2 aromatic carbocycles. The van der Waals surface area contributed by atoms with Crippen LogP contribution in [0.5, 0.6) is 0 Å². The molecule has 0 N–H and O–H groups in total. The third kappa shape index (κ3) is 3.34. The van der Waals surface area contributed by atoms with Crippen LogP contribution in [0.2, 0.25) is 0 Å². The van der Waals surface area contributed by atoms with Crippen molar-refractivity contribution in [2.75, 3.05) is 6.61 Å². The molecule has 1 fully saturated rings. The Morgan fingerprint density at radius 1 is 0.947 bits per heavy atom. The van der Waals surface area contributed by atoms with Crippen LogP contribution in [0.25, 0.3) is 6.08 Å². The predicted molar refractivity (Wildman–Crippen MR) is 79.7 cm³/mol. The summed E-state index contributed by atoms with van der Waals surface area (Å²) in [5.74, 6) is 0. The van der Waals surface area contributed by atoms with Crippen LogP contribution in [0, 0.1) is 0 Å². The summed E-state index contributed by atoms with van der Waals surface area (Å²) < 4.78 is 6.98. The van der Waals surface area contributed by atoms with Gasteiger partial charge in [-0.2, -0.15) is 0 Å². The summed E-state index contributed by atoms with van der Waals surface area (Å²) in [6, 6.07) is 20.3. The van der Waals surface area contributed by atoms with Gasteiger partial charge in [0.05, 0.1) is 0 Å². The molecule has 0 unspecified atom stereocenters. The van der Waals surface area contributed by atoms with Crippen LogP contribution in [0.3, 0.4) is 0 Å². The normalized spacial score (nSPS) is 18.7. The molecule has 0 bridgehead atoms. The minimum atomic E-state index is 0.200. The molecule has 0 amide bonds. The van der Waals surface area contributed by atoms with Crippen LogP contribution in [0.1, 0.15) is 5.56 Å². The number of aliphatic imine (C=N–C) groups is 1. The summed E-state index contributed by atoms with van der Waals surface area (Å²) in [5.41, 5.74) is 2.18. The van der Waals surface area contributed by atoms with Crippen LogP contribution in [-0.2, 0) is 4.74 Å². The van der Waals surface area contributed by atoms with Gasteiger partial charge < -0.3 is 0 Å². The van der Waals surface area contributed by atoms with Crippen molar-refractivity contribution < 1.29 is 4.74 Å². The molecule has 0 radical (unpaired) electrons. The fourth-order valence-corrected chi connectivity index (χ4v) is 3.46. The molecule has 3 rings (SSSR count). The molecule has 1 aliphatic heterocycles. The van der Waals surface area contributed by atoms with Gasteiger partial charge in [-0.25, -0.2) is 0 Å². The molecule has 0 aromatic heterocycles. The second kappa shape index (κ2) is 5.87. The average molecular weight is 314 g/mol. The Bertz CT molecular complexity index is 550. The van der Waals surface area contributed by atoms with E-state index < -0.39 is 0 Å². The van der Waals surface area contributed by atoms with E-state index in [1.807, 2.05) is 48.5 Å². The van der Waals surface area contributed by atoms with Gasteiger partial charge in [0, 0.05) is 0 Å². The average Bonchev–Trinajstić information content (AvgIpc) is 2.88. The first-order valence-corrected chi connectivity index (χ1v) is 7.81. The van der Waals surface area contributed by atoms with Gasteiger partial charge in [0.1, 0.15) is 0 Å². The Kier molecular flexibility index (Phi) is 3.78. The summed E-state index contributed by atoms with van der Waals surface area (Å²) in [4.78, 5) is 5.39. The van der Waals surface area contributed by atoms with Crippen molar-refractivity contribution in [3.05, 3.63) is 70.7 Å². The molecular weight excluding hydrogens is 301 g/mol. The van der Waals surface area contributed by atoms with E-state index in [1.165, 1.54) is 10.0 Å². The fraction of sp³-hybridized carbons (Fsp3) is 0.0625. The van der Waals surface area contributed by atoms with Gasteiger partial charge in [0.2, 0.25) is 0 Å². The van der Waals surface area contributed by atoms with E-state index in [1.54, 1.807) is 0 Å². The minimum absolute atomic E-state index is 0.200. The zero-order valence-corrected chi connectivity index (χ0v) is 12.0. The summed E-state index contributed by atoms with van der Waals surface area (Å²) >= 11 is 0.200. The van der Waals surface area contributed by atoms with Gasteiger partial charge in [-0.15, -0.1) is 0 Å². The summed E-state index contributed by atoms with van der Waals surface area (Å²) in [7, 11) is 0. The summed E-state index contributed by atoms with van der Waals surface area (Å²) in [5, 5.41) is 0. The molecule has 94 valence electrons. The van der Waals surface area contributed by atoms with Crippen molar-refractivity contribution in [3.8, 4) is 0 Å². The molecule has 0 spiro atoms. The molecule has 3 heteroatoms. The Labute approximate surface area is 119 Å². The molecular formula is C16H13NOSe. The number of hydrogen-bond donors (Lipinski definition) is 0. The molecule has 2 aromatic rings. The fourth-order valence-electron chi connectivity index (χ4n) is 1.77. The molecule has 0 atom stereocenters. The van der Waals surface area contributed by atoms with Gasteiger partial charge in [-0.1, -0.05) is 0 Å². The number of hydrogen-bond acceptors (Lipinski definition) is 2. The second-order valence-corrected chi connectivity index (χ2v) is 6.39. The number of benzene rings is 2. The molecule has 19 heavy (non-hydrogen) atoms. The quantitative estimate of drug-likeness (QED) is 0.778. The third-order valence-electron chi connectivity index (χ3n) is 2.66. The number of nitrogens with zero attached hydrogens (tertiary/aromatic N) is 1. The van der Waals surface area contributed by atoms with Gasteiger partial charge in [0.15, 0.2) is 0 Å². The molecule has 1 aliphatic rings. The molecule has 1 saturated heterocycles. The van der Waals surface area contributed by atoms with E-state index in [2.05, 4.69) is 23.2 Å². The van der Waals surface area contributed by atoms with Crippen LogP contribution >= 0.6 is 0 Å². The van der Waals surface area contributed by atoms with E-state index >= 15 is 0 Å². The third-order valence-corrected chi connectivity index (χ3v) is 4.51. The second-order valence-electron chi connectivity index (χ2n) is 4.13. The Hall–Kier alpha value is -1.83. The first-order chi connectivity index (χ1) is 9.40. The van der Waals surface area contributed by atoms with Crippen molar-refractivity contribution in [2.45, 2.75) is 0 Å². The summed E-state index contributed by atoms with van der Waals surface area (Å²) in [6.07, 6.45) is 2.20. The van der Waals surface area contributed by atoms with Crippen LogP contribution < -0.4 is 0 Å². The molecule has 0 aliphatic carbocycles. The van der Waals surface area contributed by atoms with E-state index in [-0.39, 0.29) is 15.0 Å². The van der Waals surface area contributed by atoms with Gasteiger partial charge in [-0.05, 0) is 0 Å². The number of rotatable bonds is 2. The van der Waals surface area contributed by atoms with E-state index in [4.69, 9.17) is 4.74 Å². The van der Waals surface area contributed by atoms with Crippen LogP contribution in [0.4, 0.5) is 5.69 Å². The van der Waals surface area contributed by atoms with E-state index in [0.717, 1.165) is 10.5 Å². The Morgan fingerprint density at radius 2 is 1.63 bits per heavy atom. The Balaban J connectivity index is 1.74.